The van der Waals surface area contributed by atoms with E-state index in [0.717, 1.165) is 18.8 Å². The Morgan fingerprint density at radius 2 is 2.40 bits per heavy atom. The molecule has 0 amide bonds. The topological polar surface area (TPSA) is 29.9 Å². The lowest BCUT2D eigenvalue weighted by Gasteiger charge is -1.98. The van der Waals surface area contributed by atoms with Crippen molar-refractivity contribution in [1.29, 1.82) is 0 Å². The molecule has 1 N–H and O–H groups in total. The molecule has 0 spiro atoms. The molecule has 4 heteroatoms. The first-order valence-electron chi connectivity index (χ1n) is 4.96. The van der Waals surface area contributed by atoms with Crippen LogP contribution in [0.1, 0.15) is 16.3 Å². The molecule has 0 fully saturated rings. The van der Waals surface area contributed by atoms with Crippen LogP contribution in [0.3, 0.4) is 0 Å². The summed E-state index contributed by atoms with van der Waals surface area (Å²) in [5.74, 6) is 1.11. The summed E-state index contributed by atoms with van der Waals surface area (Å²) in [5, 5.41) is 5.37. The molecule has 15 heavy (non-hydrogen) atoms. The minimum Gasteiger partial charge on any atom is -0.338 e. The number of hydrogen-bond donors (Lipinski definition) is 1. The third kappa shape index (κ3) is 2.46. The van der Waals surface area contributed by atoms with E-state index in [1.807, 2.05) is 26.5 Å². The van der Waals surface area contributed by atoms with Gasteiger partial charge in [0.25, 0.3) is 0 Å². The predicted octanol–water partition coefficient (Wildman–Crippen LogP) is 1.79. The molecule has 0 unspecified atom stereocenters. The minimum atomic E-state index is 0.920. The normalized spacial score (nSPS) is 10.8. The van der Waals surface area contributed by atoms with Gasteiger partial charge in [0, 0.05) is 37.3 Å². The first kappa shape index (κ1) is 10.4. The molecule has 0 aliphatic rings. The highest BCUT2D eigenvalue weighted by Crippen LogP contribution is 2.16. The summed E-state index contributed by atoms with van der Waals surface area (Å²) in [6.45, 7) is 0.950. The van der Waals surface area contributed by atoms with Gasteiger partial charge in [-0.25, -0.2) is 4.98 Å². The maximum absolute atomic E-state index is 4.32. The summed E-state index contributed by atoms with van der Waals surface area (Å²) in [4.78, 5) is 5.69. The fourth-order valence-electron chi connectivity index (χ4n) is 1.54. The Morgan fingerprint density at radius 3 is 3.07 bits per heavy atom. The highest BCUT2D eigenvalue weighted by Gasteiger charge is 2.03. The van der Waals surface area contributed by atoms with Crippen LogP contribution in [0.25, 0.3) is 0 Å². The van der Waals surface area contributed by atoms with Crippen LogP contribution in [0.15, 0.2) is 23.8 Å². The van der Waals surface area contributed by atoms with Gasteiger partial charge < -0.3 is 9.88 Å². The van der Waals surface area contributed by atoms with E-state index in [1.54, 1.807) is 11.3 Å². The molecule has 0 saturated carbocycles. The lowest BCUT2D eigenvalue weighted by molar-refractivity contribution is 0.817. The maximum atomic E-state index is 4.32. The lowest BCUT2D eigenvalue weighted by Crippen LogP contribution is -2.03. The Labute approximate surface area is 93.8 Å². The van der Waals surface area contributed by atoms with Crippen LogP contribution in [0.5, 0.6) is 0 Å². The predicted molar refractivity (Wildman–Crippen MR) is 63.1 cm³/mol. The Hall–Kier alpha value is -1.13. The summed E-state index contributed by atoms with van der Waals surface area (Å²) >= 11 is 1.80. The van der Waals surface area contributed by atoms with Crippen molar-refractivity contribution < 1.29 is 0 Å². The van der Waals surface area contributed by atoms with Crippen molar-refractivity contribution >= 4 is 11.3 Å². The molecule has 0 aromatic carbocycles. The van der Waals surface area contributed by atoms with Gasteiger partial charge in [0.1, 0.15) is 5.82 Å². The van der Waals surface area contributed by atoms with Gasteiger partial charge in [-0.15, -0.1) is 11.3 Å². The zero-order valence-electron chi connectivity index (χ0n) is 9.03. The van der Waals surface area contributed by atoms with Crippen LogP contribution in [0.4, 0.5) is 0 Å². The molecule has 3 nitrogen and oxygen atoms in total. The second-order valence-corrected chi connectivity index (χ2v) is 4.58. The molecule has 0 atom stereocenters. The third-order valence-corrected chi connectivity index (χ3v) is 3.33. The molecular weight excluding hydrogens is 206 g/mol. The van der Waals surface area contributed by atoms with Crippen molar-refractivity contribution in [3.05, 3.63) is 40.1 Å². The van der Waals surface area contributed by atoms with Crippen LogP contribution in [0.2, 0.25) is 0 Å². The summed E-state index contributed by atoms with van der Waals surface area (Å²) < 4.78 is 2.06. The summed E-state index contributed by atoms with van der Waals surface area (Å²) in [7, 11) is 4.00. The maximum Gasteiger partial charge on any atom is 0.112 e. The van der Waals surface area contributed by atoms with E-state index < -0.39 is 0 Å². The lowest BCUT2D eigenvalue weighted by atomic mass is 10.2. The molecule has 2 rings (SSSR count). The standard InChI is InChI=1S/C11H15N3S/c1-12-7-10-5-9(8-15-10)6-11-13-3-4-14(11)2/h3-5,8,12H,6-7H2,1-2H3. The largest absolute Gasteiger partial charge is 0.338 e. The summed E-state index contributed by atoms with van der Waals surface area (Å²) in [6, 6.07) is 2.25. The summed E-state index contributed by atoms with van der Waals surface area (Å²) in [5.41, 5.74) is 1.35. The third-order valence-electron chi connectivity index (χ3n) is 2.34. The highest BCUT2D eigenvalue weighted by molar-refractivity contribution is 7.10. The van der Waals surface area contributed by atoms with Crippen LogP contribution in [-0.4, -0.2) is 16.6 Å². The average molecular weight is 221 g/mol. The van der Waals surface area contributed by atoms with Crippen molar-refractivity contribution in [1.82, 2.24) is 14.9 Å². The minimum absolute atomic E-state index is 0.920. The van der Waals surface area contributed by atoms with E-state index in [0.29, 0.717) is 0 Å². The number of thiophene rings is 1. The fraction of sp³-hybridized carbons (Fsp3) is 0.364. The first-order chi connectivity index (χ1) is 7.29. The molecule has 0 saturated heterocycles. The molecule has 0 radical (unpaired) electrons. The van der Waals surface area contributed by atoms with Gasteiger partial charge in [-0.1, -0.05) is 0 Å². The van der Waals surface area contributed by atoms with E-state index in [2.05, 4.69) is 26.3 Å². The van der Waals surface area contributed by atoms with Gasteiger partial charge in [0.05, 0.1) is 0 Å². The Morgan fingerprint density at radius 1 is 1.53 bits per heavy atom. The number of aromatic nitrogens is 2. The second kappa shape index (κ2) is 4.59. The van der Waals surface area contributed by atoms with Gasteiger partial charge in [0.2, 0.25) is 0 Å². The highest BCUT2D eigenvalue weighted by atomic mass is 32.1. The first-order valence-corrected chi connectivity index (χ1v) is 5.84. The van der Waals surface area contributed by atoms with Gasteiger partial charge in [-0.3, -0.25) is 0 Å². The zero-order chi connectivity index (χ0) is 10.7. The van der Waals surface area contributed by atoms with Crippen LogP contribution >= 0.6 is 11.3 Å². The second-order valence-electron chi connectivity index (χ2n) is 3.58. The van der Waals surface area contributed by atoms with Gasteiger partial charge in [-0.2, -0.15) is 0 Å². The van der Waals surface area contributed by atoms with E-state index in [9.17, 15) is 0 Å². The summed E-state index contributed by atoms with van der Waals surface area (Å²) in [6.07, 6.45) is 4.75. The Kier molecular flexibility index (Phi) is 3.18. The van der Waals surface area contributed by atoms with E-state index >= 15 is 0 Å². The molecule has 0 aliphatic carbocycles. The van der Waals surface area contributed by atoms with Crippen LogP contribution < -0.4 is 5.32 Å². The van der Waals surface area contributed by atoms with Gasteiger partial charge in [0.15, 0.2) is 0 Å². The smallest absolute Gasteiger partial charge is 0.112 e. The van der Waals surface area contributed by atoms with Crippen molar-refractivity contribution in [2.45, 2.75) is 13.0 Å². The number of aryl methyl sites for hydroxylation is 1. The van der Waals surface area contributed by atoms with E-state index in [4.69, 9.17) is 0 Å². The van der Waals surface area contributed by atoms with Crippen molar-refractivity contribution in [3.63, 3.8) is 0 Å². The zero-order valence-corrected chi connectivity index (χ0v) is 9.84. The van der Waals surface area contributed by atoms with Crippen molar-refractivity contribution in [2.75, 3.05) is 7.05 Å². The monoisotopic (exact) mass is 221 g/mol. The number of rotatable bonds is 4. The molecule has 0 aliphatic heterocycles. The quantitative estimate of drug-likeness (QED) is 0.853. The van der Waals surface area contributed by atoms with Crippen molar-refractivity contribution in [3.8, 4) is 0 Å². The number of imidazole rings is 1. The Bertz CT molecular complexity index is 430. The average Bonchev–Trinajstić information content (AvgIpc) is 2.79. The van der Waals surface area contributed by atoms with Crippen LogP contribution in [-0.2, 0) is 20.0 Å². The van der Waals surface area contributed by atoms with Crippen molar-refractivity contribution in [2.24, 2.45) is 7.05 Å². The SMILES string of the molecule is CNCc1cc(Cc2nccn2C)cs1. The number of hydrogen-bond acceptors (Lipinski definition) is 3. The van der Waals surface area contributed by atoms with Gasteiger partial charge in [-0.05, 0) is 24.1 Å². The molecular formula is C11H15N3S. The fourth-order valence-corrected chi connectivity index (χ4v) is 2.44. The van der Waals surface area contributed by atoms with Gasteiger partial charge >= 0.3 is 0 Å². The number of nitrogens with one attached hydrogen (secondary N) is 1. The molecule has 2 aromatic heterocycles. The van der Waals surface area contributed by atoms with E-state index in [1.165, 1.54) is 10.4 Å². The number of nitrogens with zero attached hydrogens (tertiary/aromatic N) is 2. The molecule has 2 heterocycles. The molecule has 0 bridgehead atoms. The van der Waals surface area contributed by atoms with E-state index in [-0.39, 0.29) is 0 Å². The Balaban J connectivity index is 2.08. The van der Waals surface area contributed by atoms with Crippen LogP contribution in [0, 0.1) is 0 Å². The molecule has 80 valence electrons. The molecule has 2 aromatic rings.